The fourth-order valence-electron chi connectivity index (χ4n) is 2.59. The molecule has 4 heteroatoms. The molecule has 0 N–H and O–H groups in total. The summed E-state index contributed by atoms with van der Waals surface area (Å²) in [6.45, 7) is 7.49. The predicted molar refractivity (Wildman–Crippen MR) is 75.1 cm³/mol. The minimum atomic E-state index is -0.523. The molecule has 4 nitrogen and oxygen atoms in total. The van der Waals surface area contributed by atoms with Crippen LogP contribution in [0.25, 0.3) is 0 Å². The molecular weight excluding hydrogens is 242 g/mol. The van der Waals surface area contributed by atoms with Crippen LogP contribution in [-0.4, -0.2) is 35.0 Å². The molecular formula is C15H27NO3. The minimum absolute atomic E-state index is 0.152. The van der Waals surface area contributed by atoms with E-state index >= 15 is 0 Å². The van der Waals surface area contributed by atoms with Crippen molar-refractivity contribution in [2.45, 2.75) is 83.9 Å². The van der Waals surface area contributed by atoms with Crippen molar-refractivity contribution >= 4 is 12.4 Å². The molecule has 0 spiro atoms. The third kappa shape index (κ3) is 4.84. The van der Waals surface area contributed by atoms with Crippen LogP contribution in [0.1, 0.15) is 66.2 Å². The molecule has 0 aliphatic heterocycles. The topological polar surface area (TPSA) is 46.6 Å². The Labute approximate surface area is 116 Å². The van der Waals surface area contributed by atoms with Crippen molar-refractivity contribution in [3.8, 4) is 0 Å². The molecule has 0 saturated heterocycles. The van der Waals surface area contributed by atoms with Crippen LogP contribution in [0, 0.1) is 0 Å². The molecule has 1 saturated carbocycles. The van der Waals surface area contributed by atoms with Crippen LogP contribution in [0.3, 0.4) is 0 Å². The van der Waals surface area contributed by atoms with Crippen LogP contribution < -0.4 is 0 Å². The molecule has 1 amide bonds. The summed E-state index contributed by atoms with van der Waals surface area (Å²) in [7, 11) is 0. The van der Waals surface area contributed by atoms with Gasteiger partial charge in [0.2, 0.25) is 0 Å². The number of hydrogen-bond acceptors (Lipinski definition) is 3. The van der Waals surface area contributed by atoms with Gasteiger partial charge in [0.05, 0.1) is 6.04 Å². The van der Waals surface area contributed by atoms with Crippen LogP contribution >= 0.6 is 0 Å². The highest BCUT2D eigenvalue weighted by molar-refractivity contribution is 5.74. The molecule has 1 fully saturated rings. The maximum atomic E-state index is 12.4. The first-order chi connectivity index (χ1) is 8.89. The number of rotatable bonds is 4. The van der Waals surface area contributed by atoms with Gasteiger partial charge in [-0.1, -0.05) is 26.2 Å². The molecule has 110 valence electrons. The quantitative estimate of drug-likeness (QED) is 0.733. The van der Waals surface area contributed by atoms with Crippen molar-refractivity contribution in [2.75, 3.05) is 0 Å². The molecule has 0 heterocycles. The van der Waals surface area contributed by atoms with Gasteiger partial charge in [0.25, 0.3) is 0 Å². The fraction of sp³-hybridized carbons (Fsp3) is 0.867. The summed E-state index contributed by atoms with van der Waals surface area (Å²) in [6, 6.07) is -0.211. The summed E-state index contributed by atoms with van der Waals surface area (Å²) >= 11 is 0. The zero-order chi connectivity index (χ0) is 14.5. The SMILES string of the molecule is CCC(C=O)N(C(=O)OC(C)(C)C)C1CCCCC1. The lowest BCUT2D eigenvalue weighted by Crippen LogP contribution is -2.50. The van der Waals surface area contributed by atoms with Crippen molar-refractivity contribution in [3.63, 3.8) is 0 Å². The zero-order valence-electron chi connectivity index (χ0n) is 12.6. The van der Waals surface area contributed by atoms with Crippen molar-refractivity contribution in [1.82, 2.24) is 4.90 Å². The predicted octanol–water partition coefficient (Wildman–Crippen LogP) is 3.53. The molecule has 1 aliphatic rings. The molecule has 1 unspecified atom stereocenters. The Hall–Kier alpha value is -1.06. The Morgan fingerprint density at radius 1 is 1.32 bits per heavy atom. The molecule has 1 aliphatic carbocycles. The van der Waals surface area contributed by atoms with Gasteiger partial charge < -0.3 is 9.53 Å². The molecule has 0 aromatic heterocycles. The molecule has 0 bridgehead atoms. The van der Waals surface area contributed by atoms with Crippen molar-refractivity contribution < 1.29 is 14.3 Å². The van der Waals surface area contributed by atoms with Gasteiger partial charge in [-0.15, -0.1) is 0 Å². The second kappa shape index (κ2) is 6.92. The molecule has 0 aromatic carbocycles. The molecule has 0 aromatic rings. The summed E-state index contributed by atoms with van der Waals surface area (Å²) in [4.78, 5) is 25.3. The van der Waals surface area contributed by atoms with Gasteiger partial charge in [0.15, 0.2) is 0 Å². The number of hydrogen-bond donors (Lipinski definition) is 0. The number of aldehydes is 1. The van der Waals surface area contributed by atoms with Gasteiger partial charge in [0, 0.05) is 6.04 Å². The van der Waals surface area contributed by atoms with Gasteiger partial charge in [-0.25, -0.2) is 4.79 Å². The van der Waals surface area contributed by atoms with E-state index in [0.717, 1.165) is 32.0 Å². The first-order valence-electron chi connectivity index (χ1n) is 7.35. The first kappa shape index (κ1) is 16.0. The maximum Gasteiger partial charge on any atom is 0.411 e. The van der Waals surface area contributed by atoms with E-state index in [4.69, 9.17) is 4.74 Å². The maximum absolute atomic E-state index is 12.4. The van der Waals surface area contributed by atoms with Crippen LogP contribution in [0.15, 0.2) is 0 Å². The lowest BCUT2D eigenvalue weighted by Gasteiger charge is -2.38. The second-order valence-corrected chi connectivity index (χ2v) is 6.29. The van der Waals surface area contributed by atoms with E-state index in [1.165, 1.54) is 6.42 Å². The van der Waals surface area contributed by atoms with Crippen LogP contribution in [0.4, 0.5) is 4.79 Å². The first-order valence-corrected chi connectivity index (χ1v) is 7.35. The average Bonchev–Trinajstić information content (AvgIpc) is 2.34. The smallest absolute Gasteiger partial charge is 0.411 e. The van der Waals surface area contributed by atoms with Gasteiger partial charge in [-0.2, -0.15) is 0 Å². The number of nitrogens with zero attached hydrogens (tertiary/aromatic N) is 1. The number of carbonyl (C=O) groups is 2. The van der Waals surface area contributed by atoms with E-state index in [1.54, 1.807) is 4.90 Å². The Bertz CT molecular complexity index is 303. The highest BCUT2D eigenvalue weighted by atomic mass is 16.6. The minimum Gasteiger partial charge on any atom is -0.444 e. The standard InChI is InChI=1S/C15H27NO3/c1-5-12(11-17)16(13-9-7-6-8-10-13)14(18)19-15(2,3)4/h11-13H,5-10H2,1-4H3. The third-order valence-corrected chi connectivity index (χ3v) is 3.51. The van der Waals surface area contributed by atoms with E-state index in [0.29, 0.717) is 6.42 Å². The molecule has 0 radical (unpaired) electrons. The van der Waals surface area contributed by atoms with E-state index in [1.807, 2.05) is 27.7 Å². The van der Waals surface area contributed by atoms with E-state index < -0.39 is 5.60 Å². The molecule has 1 rings (SSSR count). The van der Waals surface area contributed by atoms with E-state index in [-0.39, 0.29) is 18.2 Å². The van der Waals surface area contributed by atoms with Crippen LogP contribution in [-0.2, 0) is 9.53 Å². The zero-order valence-corrected chi connectivity index (χ0v) is 12.6. The van der Waals surface area contributed by atoms with Crippen LogP contribution in [0.5, 0.6) is 0 Å². The monoisotopic (exact) mass is 269 g/mol. The van der Waals surface area contributed by atoms with Gasteiger partial charge in [0.1, 0.15) is 11.9 Å². The average molecular weight is 269 g/mol. The van der Waals surface area contributed by atoms with Crippen molar-refractivity contribution in [2.24, 2.45) is 0 Å². The summed E-state index contributed by atoms with van der Waals surface area (Å²) in [5.74, 6) is 0. The van der Waals surface area contributed by atoms with E-state index in [9.17, 15) is 9.59 Å². The highest BCUT2D eigenvalue weighted by Gasteiger charge is 2.33. The van der Waals surface area contributed by atoms with Crippen molar-refractivity contribution in [3.05, 3.63) is 0 Å². The Balaban J connectivity index is 2.84. The van der Waals surface area contributed by atoms with Crippen molar-refractivity contribution in [1.29, 1.82) is 0 Å². The lowest BCUT2D eigenvalue weighted by molar-refractivity contribution is -0.113. The number of carbonyl (C=O) groups excluding carboxylic acids is 2. The summed E-state index contributed by atoms with van der Waals surface area (Å²) in [6.07, 6.45) is 6.58. The fourth-order valence-corrected chi connectivity index (χ4v) is 2.59. The van der Waals surface area contributed by atoms with Crippen LogP contribution in [0.2, 0.25) is 0 Å². The lowest BCUT2D eigenvalue weighted by atomic mass is 9.93. The molecule has 1 atom stereocenters. The summed E-state index contributed by atoms with van der Waals surface area (Å²) in [5, 5.41) is 0. The van der Waals surface area contributed by atoms with E-state index in [2.05, 4.69) is 0 Å². The second-order valence-electron chi connectivity index (χ2n) is 6.29. The number of amides is 1. The van der Waals surface area contributed by atoms with Gasteiger partial charge in [-0.05, 0) is 40.0 Å². The molecule has 19 heavy (non-hydrogen) atoms. The highest BCUT2D eigenvalue weighted by Crippen LogP contribution is 2.26. The third-order valence-electron chi connectivity index (χ3n) is 3.51. The summed E-state index contributed by atoms with van der Waals surface area (Å²) < 4.78 is 5.47. The Morgan fingerprint density at radius 2 is 1.89 bits per heavy atom. The largest absolute Gasteiger partial charge is 0.444 e. The summed E-state index contributed by atoms with van der Waals surface area (Å²) in [5.41, 5.74) is -0.523. The van der Waals surface area contributed by atoms with Gasteiger partial charge >= 0.3 is 6.09 Å². The number of ether oxygens (including phenoxy) is 1. The Morgan fingerprint density at radius 3 is 2.32 bits per heavy atom. The normalized spacial score (nSPS) is 18.7. The Kier molecular flexibility index (Phi) is 5.83. The van der Waals surface area contributed by atoms with Gasteiger partial charge in [-0.3, -0.25) is 4.90 Å².